The van der Waals surface area contributed by atoms with Crippen LogP contribution in [0, 0.1) is 0 Å². The third-order valence-electron chi connectivity index (χ3n) is 2.97. The molecule has 108 valence electrons. The molecular formula is C12H14N2O5S. The standard InChI is InChI=1S/C12H14N2O5S/c1-2-3-4-7-5-8-10(9(6-7)20(17,18)19)13-12(16)14-11(8)15/h5-6H,2-4H2,1H3,(H,17,18,19)(H2,13,14,15,16). The monoisotopic (exact) mass is 298 g/mol. The predicted octanol–water partition coefficient (Wildman–Crippen LogP) is 0.806. The van der Waals surface area contributed by atoms with Crippen LogP contribution in [0.25, 0.3) is 10.9 Å². The van der Waals surface area contributed by atoms with Gasteiger partial charge in [0.15, 0.2) is 0 Å². The van der Waals surface area contributed by atoms with Crippen molar-refractivity contribution in [1.29, 1.82) is 0 Å². The number of unbranched alkanes of at least 4 members (excludes halogenated alkanes) is 1. The third-order valence-corrected chi connectivity index (χ3v) is 3.85. The third kappa shape index (κ3) is 2.81. The fourth-order valence-corrected chi connectivity index (χ4v) is 2.74. The maximum atomic E-state index is 11.8. The van der Waals surface area contributed by atoms with Crippen LogP contribution < -0.4 is 11.2 Å². The molecule has 0 aliphatic heterocycles. The van der Waals surface area contributed by atoms with Crippen molar-refractivity contribution >= 4 is 21.0 Å². The number of rotatable bonds is 4. The van der Waals surface area contributed by atoms with Gasteiger partial charge in [-0.2, -0.15) is 8.42 Å². The summed E-state index contributed by atoms with van der Waals surface area (Å²) < 4.78 is 32.1. The Labute approximate surface area is 114 Å². The normalized spacial score (nSPS) is 11.9. The van der Waals surface area contributed by atoms with Gasteiger partial charge in [0.2, 0.25) is 0 Å². The molecule has 1 aromatic carbocycles. The Morgan fingerprint density at radius 1 is 1.20 bits per heavy atom. The fourth-order valence-electron chi connectivity index (χ4n) is 2.02. The van der Waals surface area contributed by atoms with Crippen LogP contribution in [0.4, 0.5) is 0 Å². The Bertz CT molecular complexity index is 864. The molecule has 0 aliphatic rings. The summed E-state index contributed by atoms with van der Waals surface area (Å²) in [5.41, 5.74) is -1.08. The topological polar surface area (TPSA) is 120 Å². The van der Waals surface area contributed by atoms with Crippen LogP contribution >= 0.6 is 0 Å². The smallest absolute Gasteiger partial charge is 0.305 e. The number of aromatic amines is 2. The molecule has 0 aliphatic carbocycles. The molecule has 1 aromatic heterocycles. The molecule has 0 amide bonds. The molecule has 0 spiro atoms. The second kappa shape index (κ2) is 5.22. The highest BCUT2D eigenvalue weighted by Crippen LogP contribution is 2.21. The van der Waals surface area contributed by atoms with Crippen molar-refractivity contribution in [2.45, 2.75) is 31.1 Å². The lowest BCUT2D eigenvalue weighted by atomic mass is 10.1. The van der Waals surface area contributed by atoms with E-state index in [2.05, 4.69) is 4.98 Å². The summed E-state index contributed by atoms with van der Waals surface area (Å²) in [6.45, 7) is 1.98. The maximum absolute atomic E-state index is 11.8. The van der Waals surface area contributed by atoms with Crippen molar-refractivity contribution in [3.63, 3.8) is 0 Å². The van der Waals surface area contributed by atoms with E-state index in [0.717, 1.165) is 12.8 Å². The number of nitrogens with one attached hydrogen (secondary N) is 2. The van der Waals surface area contributed by atoms with Gasteiger partial charge in [0.25, 0.3) is 15.7 Å². The molecule has 1 heterocycles. The fraction of sp³-hybridized carbons (Fsp3) is 0.333. The van der Waals surface area contributed by atoms with Gasteiger partial charge in [-0.05, 0) is 30.5 Å². The molecular weight excluding hydrogens is 284 g/mol. The van der Waals surface area contributed by atoms with Crippen molar-refractivity contribution < 1.29 is 13.0 Å². The molecule has 7 nitrogen and oxygen atoms in total. The first-order valence-electron chi connectivity index (χ1n) is 6.09. The number of H-pyrrole nitrogens is 2. The largest absolute Gasteiger partial charge is 0.326 e. The summed E-state index contributed by atoms with van der Waals surface area (Å²) in [6.07, 6.45) is 2.30. The van der Waals surface area contributed by atoms with Gasteiger partial charge in [-0.3, -0.25) is 14.3 Å². The lowest BCUT2D eigenvalue weighted by Gasteiger charge is -2.07. The summed E-state index contributed by atoms with van der Waals surface area (Å²) in [7, 11) is -4.53. The minimum Gasteiger partial charge on any atom is -0.305 e. The molecule has 2 aromatic rings. The van der Waals surface area contributed by atoms with Crippen molar-refractivity contribution in [3.05, 3.63) is 38.5 Å². The van der Waals surface area contributed by atoms with E-state index in [1.165, 1.54) is 12.1 Å². The van der Waals surface area contributed by atoms with E-state index in [4.69, 9.17) is 0 Å². The highest BCUT2D eigenvalue weighted by atomic mass is 32.2. The first-order valence-corrected chi connectivity index (χ1v) is 7.53. The van der Waals surface area contributed by atoms with Gasteiger partial charge in [0.05, 0.1) is 10.9 Å². The molecule has 0 unspecified atom stereocenters. The number of hydrogen-bond donors (Lipinski definition) is 3. The van der Waals surface area contributed by atoms with E-state index in [1.54, 1.807) is 0 Å². The Kier molecular flexibility index (Phi) is 3.78. The Hall–Kier alpha value is -1.93. The number of benzene rings is 1. The maximum Gasteiger partial charge on any atom is 0.326 e. The summed E-state index contributed by atoms with van der Waals surface area (Å²) in [6, 6.07) is 2.80. The summed E-state index contributed by atoms with van der Waals surface area (Å²) in [5.74, 6) is 0. The number of fused-ring (bicyclic) bond motifs is 1. The van der Waals surface area contributed by atoms with Crippen molar-refractivity contribution in [2.24, 2.45) is 0 Å². The summed E-state index contributed by atoms with van der Waals surface area (Å²) >= 11 is 0. The average Bonchev–Trinajstić information content (AvgIpc) is 2.34. The predicted molar refractivity (Wildman–Crippen MR) is 73.6 cm³/mol. The highest BCUT2D eigenvalue weighted by molar-refractivity contribution is 7.86. The molecule has 0 atom stereocenters. The van der Waals surface area contributed by atoms with Crippen molar-refractivity contribution in [1.82, 2.24) is 9.97 Å². The van der Waals surface area contributed by atoms with Crippen molar-refractivity contribution in [3.8, 4) is 0 Å². The average molecular weight is 298 g/mol. The second-order valence-electron chi connectivity index (χ2n) is 4.50. The molecule has 3 N–H and O–H groups in total. The first kappa shape index (κ1) is 14.5. The SMILES string of the molecule is CCCCc1cc(S(=O)(=O)O)c2[nH]c(=O)[nH]c(=O)c2c1. The molecule has 0 saturated heterocycles. The lowest BCUT2D eigenvalue weighted by molar-refractivity contribution is 0.484. The van der Waals surface area contributed by atoms with E-state index in [9.17, 15) is 22.6 Å². The Balaban J connectivity index is 2.86. The van der Waals surface area contributed by atoms with Crippen LogP contribution in [-0.4, -0.2) is 22.9 Å². The molecule has 0 saturated carbocycles. The lowest BCUT2D eigenvalue weighted by Crippen LogP contribution is -2.23. The molecule has 0 bridgehead atoms. The van der Waals surface area contributed by atoms with Crippen LogP contribution in [0.15, 0.2) is 26.6 Å². The summed E-state index contributed by atoms with van der Waals surface area (Å²) in [4.78, 5) is 26.8. The number of aromatic nitrogens is 2. The zero-order valence-electron chi connectivity index (χ0n) is 10.8. The van der Waals surface area contributed by atoms with Crippen LogP contribution in [-0.2, 0) is 16.5 Å². The highest BCUT2D eigenvalue weighted by Gasteiger charge is 2.18. The van der Waals surface area contributed by atoms with Gasteiger partial charge in [-0.25, -0.2) is 4.79 Å². The number of hydrogen-bond acceptors (Lipinski definition) is 4. The van der Waals surface area contributed by atoms with E-state index >= 15 is 0 Å². The quantitative estimate of drug-likeness (QED) is 0.721. The molecule has 8 heteroatoms. The van der Waals surface area contributed by atoms with Gasteiger partial charge >= 0.3 is 5.69 Å². The minimum atomic E-state index is -4.53. The molecule has 20 heavy (non-hydrogen) atoms. The Morgan fingerprint density at radius 2 is 1.90 bits per heavy atom. The minimum absolute atomic E-state index is 0.0332. The summed E-state index contributed by atoms with van der Waals surface area (Å²) in [5, 5.41) is 0.0332. The van der Waals surface area contributed by atoms with Crippen LogP contribution in [0.3, 0.4) is 0 Å². The molecule has 0 radical (unpaired) electrons. The van der Waals surface area contributed by atoms with Gasteiger partial charge in [-0.1, -0.05) is 13.3 Å². The zero-order chi connectivity index (χ0) is 14.9. The van der Waals surface area contributed by atoms with E-state index in [0.29, 0.717) is 12.0 Å². The van der Waals surface area contributed by atoms with Gasteiger partial charge in [0.1, 0.15) is 4.90 Å². The van der Waals surface area contributed by atoms with Crippen LogP contribution in [0.1, 0.15) is 25.3 Å². The van der Waals surface area contributed by atoms with Crippen LogP contribution in [0.5, 0.6) is 0 Å². The first-order chi connectivity index (χ1) is 9.32. The van der Waals surface area contributed by atoms with Gasteiger partial charge < -0.3 is 4.98 Å². The van der Waals surface area contributed by atoms with Crippen LogP contribution in [0.2, 0.25) is 0 Å². The molecule has 0 fully saturated rings. The van der Waals surface area contributed by atoms with E-state index < -0.39 is 26.3 Å². The van der Waals surface area contributed by atoms with Gasteiger partial charge in [0, 0.05) is 0 Å². The van der Waals surface area contributed by atoms with E-state index in [-0.39, 0.29) is 10.9 Å². The Morgan fingerprint density at radius 3 is 2.50 bits per heavy atom. The van der Waals surface area contributed by atoms with E-state index in [1.807, 2.05) is 11.9 Å². The van der Waals surface area contributed by atoms with Gasteiger partial charge in [-0.15, -0.1) is 0 Å². The second-order valence-corrected chi connectivity index (χ2v) is 5.89. The zero-order valence-corrected chi connectivity index (χ0v) is 11.6. The molecule has 2 rings (SSSR count). The number of aryl methyl sites for hydroxylation is 1. The van der Waals surface area contributed by atoms with Crippen molar-refractivity contribution in [2.75, 3.05) is 0 Å².